The highest BCUT2D eigenvalue weighted by molar-refractivity contribution is 7.47. The molecule has 0 saturated heterocycles. The van der Waals surface area contributed by atoms with E-state index in [0.29, 0.717) is 6.42 Å². The number of esters is 2. The van der Waals surface area contributed by atoms with Crippen molar-refractivity contribution in [3.8, 4) is 0 Å². The van der Waals surface area contributed by atoms with Crippen LogP contribution in [0.4, 0.5) is 0 Å². The molecule has 0 bridgehead atoms. The van der Waals surface area contributed by atoms with Gasteiger partial charge in [0.25, 0.3) is 0 Å². The fourth-order valence-corrected chi connectivity index (χ4v) is 11.0. The van der Waals surface area contributed by atoms with Gasteiger partial charge in [0, 0.05) is 19.4 Å². The Hall–Kier alpha value is -2.29. The molecule has 0 heterocycles. The van der Waals surface area contributed by atoms with E-state index >= 15 is 0 Å². The maximum absolute atomic E-state index is 12.7. The highest BCUT2D eigenvalue weighted by Crippen LogP contribution is 2.43. The minimum atomic E-state index is -4.39. The number of phosphoric acid groups is 1. The summed E-state index contributed by atoms with van der Waals surface area (Å²) < 4.78 is 33.1. The summed E-state index contributed by atoms with van der Waals surface area (Å²) in [5, 5.41) is 0. The minimum absolute atomic E-state index is 0.0535. The summed E-state index contributed by atoms with van der Waals surface area (Å²) in [6, 6.07) is 0. The topological polar surface area (TPSA) is 134 Å². The highest BCUT2D eigenvalue weighted by atomic mass is 31.2. The zero-order valence-electron chi connectivity index (χ0n) is 53.3. The molecule has 2 atom stereocenters. The van der Waals surface area contributed by atoms with E-state index in [0.717, 1.165) is 51.4 Å². The third-order valence-electron chi connectivity index (χ3n) is 15.4. The summed E-state index contributed by atoms with van der Waals surface area (Å²) >= 11 is 0. The third-order valence-corrected chi connectivity index (χ3v) is 16.4. The lowest BCUT2D eigenvalue weighted by Crippen LogP contribution is -2.29. The number of phosphoric ester groups is 1. The molecule has 0 spiro atoms. The van der Waals surface area contributed by atoms with Gasteiger partial charge < -0.3 is 20.1 Å². The second kappa shape index (κ2) is 66.8. The molecule has 0 aliphatic carbocycles. The van der Waals surface area contributed by atoms with Crippen molar-refractivity contribution in [3.05, 3.63) is 60.8 Å². The van der Waals surface area contributed by atoms with Gasteiger partial charge in [-0.05, 0) is 83.5 Å². The van der Waals surface area contributed by atoms with E-state index in [2.05, 4.69) is 74.6 Å². The smallest absolute Gasteiger partial charge is 0.462 e. The normalized spacial score (nSPS) is 13.3. The number of rotatable bonds is 66. The van der Waals surface area contributed by atoms with E-state index in [1.165, 1.54) is 263 Å². The molecule has 2 unspecified atom stereocenters. The predicted octanol–water partition coefficient (Wildman–Crippen LogP) is 22.6. The van der Waals surface area contributed by atoms with Crippen LogP contribution in [0.15, 0.2) is 60.8 Å². The van der Waals surface area contributed by atoms with Gasteiger partial charge in [0.1, 0.15) is 6.61 Å². The molecule has 0 saturated carbocycles. The largest absolute Gasteiger partial charge is 0.472 e. The van der Waals surface area contributed by atoms with Gasteiger partial charge in [-0.3, -0.25) is 18.6 Å². The van der Waals surface area contributed by atoms with E-state index in [-0.39, 0.29) is 38.6 Å². The quantitative estimate of drug-likeness (QED) is 0.0264. The Balaban J connectivity index is 3.76. The van der Waals surface area contributed by atoms with Crippen molar-refractivity contribution in [1.82, 2.24) is 0 Å². The molecule has 0 radical (unpaired) electrons. The number of nitrogens with two attached hydrogens (primary N) is 1. The number of hydrogen-bond acceptors (Lipinski definition) is 8. The number of allylic oxidation sites excluding steroid dienone is 10. The maximum Gasteiger partial charge on any atom is 0.472 e. The average Bonchev–Trinajstić information content (AvgIpc) is 3.46. The molecule has 81 heavy (non-hydrogen) atoms. The Morgan fingerprint density at radius 3 is 0.975 bits per heavy atom. The lowest BCUT2D eigenvalue weighted by Gasteiger charge is -2.19. The van der Waals surface area contributed by atoms with Gasteiger partial charge in [0.05, 0.1) is 13.2 Å². The first-order valence-corrected chi connectivity index (χ1v) is 36.3. The molecule has 0 aromatic rings. The fourth-order valence-electron chi connectivity index (χ4n) is 10.2. The first-order chi connectivity index (χ1) is 39.8. The Morgan fingerprint density at radius 2 is 0.642 bits per heavy atom. The van der Waals surface area contributed by atoms with Crippen LogP contribution in [0.3, 0.4) is 0 Å². The van der Waals surface area contributed by atoms with Crippen molar-refractivity contribution < 1.29 is 37.6 Å². The molecular weight excluding hydrogens is 1030 g/mol. The summed E-state index contributed by atoms with van der Waals surface area (Å²) in [4.78, 5) is 35.3. The molecule has 0 aromatic heterocycles. The monoisotopic (exact) mass is 1160 g/mol. The van der Waals surface area contributed by atoms with Gasteiger partial charge in [-0.25, -0.2) is 4.57 Å². The number of unbranched alkanes of at least 4 members (excludes halogenated alkanes) is 43. The number of carbonyl (C=O) groups excluding carboxylic acids is 2. The number of ether oxygens (including phenoxy) is 2. The zero-order valence-corrected chi connectivity index (χ0v) is 54.2. The van der Waals surface area contributed by atoms with Crippen molar-refractivity contribution in [2.24, 2.45) is 5.73 Å². The molecule has 0 fully saturated rings. The van der Waals surface area contributed by atoms with Crippen molar-refractivity contribution in [2.75, 3.05) is 26.4 Å². The molecule has 0 aliphatic rings. The van der Waals surface area contributed by atoms with Crippen molar-refractivity contribution in [3.63, 3.8) is 0 Å². The lowest BCUT2D eigenvalue weighted by molar-refractivity contribution is -0.161. The van der Waals surface area contributed by atoms with Gasteiger partial charge in [-0.15, -0.1) is 0 Å². The van der Waals surface area contributed by atoms with Crippen LogP contribution in [0.25, 0.3) is 0 Å². The van der Waals surface area contributed by atoms with Gasteiger partial charge in [-0.1, -0.05) is 312 Å². The molecule has 9 nitrogen and oxygen atoms in total. The standard InChI is InChI=1S/C71H132NO8P/c1-3-5-7-9-11-13-15-17-19-21-23-24-25-26-27-28-29-30-31-32-33-34-35-36-37-38-39-40-41-42-43-44-46-48-50-52-54-56-58-60-62-64-71(74)80-69(68-79-81(75,76)78-66-65-72)67-77-70(73)63-61-59-57-55-53-51-49-47-45-22-20-18-16-14-12-10-8-6-4-2/h12,14-15,17-18,20-21,23,25-26,69H,3-11,13,16,19,22,24,27-68,72H2,1-2H3,(H,75,76)/b14-12-,17-15-,20-18-,23-21-,26-25-. The first-order valence-electron chi connectivity index (χ1n) is 34.8. The zero-order chi connectivity index (χ0) is 58.7. The van der Waals surface area contributed by atoms with Gasteiger partial charge in [-0.2, -0.15) is 0 Å². The molecule has 3 N–H and O–H groups in total. The SMILES string of the molecule is CCCCC/C=C\C/C=C\CCCCCCCCCCCC(=O)OCC(COP(=O)(O)OCCN)OC(=O)CCCCCCCCCCCCCCCCCCCCCCCCCCCC/C=C\C/C=C\C/C=C\CCCCCCC. The predicted molar refractivity (Wildman–Crippen MR) is 349 cm³/mol. The Kier molecular flexibility index (Phi) is 65.0. The minimum Gasteiger partial charge on any atom is -0.462 e. The van der Waals surface area contributed by atoms with Gasteiger partial charge >= 0.3 is 19.8 Å². The van der Waals surface area contributed by atoms with Crippen LogP contribution in [0.2, 0.25) is 0 Å². The van der Waals surface area contributed by atoms with Crippen LogP contribution >= 0.6 is 7.82 Å². The van der Waals surface area contributed by atoms with E-state index in [1.807, 2.05) is 0 Å². The third kappa shape index (κ3) is 66.7. The molecule has 0 rings (SSSR count). The molecule has 0 amide bonds. The Labute approximate surface area is 501 Å². The Morgan fingerprint density at radius 1 is 0.370 bits per heavy atom. The van der Waals surface area contributed by atoms with Gasteiger partial charge in [0.2, 0.25) is 0 Å². The number of hydrogen-bond donors (Lipinski definition) is 2. The average molecular weight is 1160 g/mol. The van der Waals surface area contributed by atoms with Crippen LogP contribution in [0.1, 0.15) is 348 Å². The number of carbonyl (C=O) groups is 2. The molecule has 0 aliphatic heterocycles. The molecule has 0 aromatic carbocycles. The van der Waals surface area contributed by atoms with Crippen LogP contribution in [0, 0.1) is 0 Å². The molecule has 10 heteroatoms. The van der Waals surface area contributed by atoms with E-state index in [4.69, 9.17) is 24.3 Å². The van der Waals surface area contributed by atoms with Crippen LogP contribution in [-0.4, -0.2) is 49.3 Å². The van der Waals surface area contributed by atoms with Gasteiger partial charge in [0.15, 0.2) is 6.10 Å². The van der Waals surface area contributed by atoms with Crippen LogP contribution < -0.4 is 5.73 Å². The second-order valence-electron chi connectivity index (χ2n) is 23.4. The highest BCUT2D eigenvalue weighted by Gasteiger charge is 2.26. The van der Waals surface area contributed by atoms with E-state index < -0.39 is 26.5 Å². The van der Waals surface area contributed by atoms with Crippen molar-refractivity contribution in [2.45, 2.75) is 354 Å². The fraction of sp³-hybridized carbons (Fsp3) is 0.831. The van der Waals surface area contributed by atoms with Crippen LogP contribution in [-0.2, 0) is 32.7 Å². The Bertz CT molecular complexity index is 1510. The summed E-state index contributed by atoms with van der Waals surface area (Å²) in [6.45, 7) is 3.75. The van der Waals surface area contributed by atoms with E-state index in [9.17, 15) is 19.0 Å². The summed E-state index contributed by atoms with van der Waals surface area (Å²) in [6.07, 6.45) is 86.1. The van der Waals surface area contributed by atoms with Crippen molar-refractivity contribution >= 4 is 19.8 Å². The van der Waals surface area contributed by atoms with Crippen molar-refractivity contribution in [1.29, 1.82) is 0 Å². The molecular formula is C71H132NO8P. The van der Waals surface area contributed by atoms with E-state index in [1.54, 1.807) is 0 Å². The summed E-state index contributed by atoms with van der Waals surface area (Å²) in [7, 11) is -4.39. The van der Waals surface area contributed by atoms with Crippen LogP contribution in [0.5, 0.6) is 0 Å². The first kappa shape index (κ1) is 78.7. The summed E-state index contributed by atoms with van der Waals surface area (Å²) in [5.41, 5.74) is 5.39. The second-order valence-corrected chi connectivity index (χ2v) is 24.8. The molecule has 474 valence electrons. The summed E-state index contributed by atoms with van der Waals surface area (Å²) in [5.74, 6) is -0.818. The maximum atomic E-state index is 12.7. The lowest BCUT2D eigenvalue weighted by atomic mass is 10.0.